The zero-order valence-corrected chi connectivity index (χ0v) is 23.8. The van der Waals surface area contributed by atoms with Crippen LogP contribution < -0.4 is 9.64 Å². The number of rotatable bonds is 9. The van der Waals surface area contributed by atoms with Crippen molar-refractivity contribution in [3.63, 3.8) is 0 Å². The van der Waals surface area contributed by atoms with Crippen LogP contribution in [0.15, 0.2) is 42.5 Å². The molecule has 10 nitrogen and oxygen atoms in total. The summed E-state index contributed by atoms with van der Waals surface area (Å²) in [5, 5.41) is 18.4. The predicted molar refractivity (Wildman–Crippen MR) is 153 cm³/mol. The van der Waals surface area contributed by atoms with Crippen LogP contribution in [-0.2, 0) is 17.9 Å². The molecule has 13 heteroatoms. The van der Waals surface area contributed by atoms with Crippen LogP contribution in [0.4, 0.5) is 19.0 Å². The highest BCUT2D eigenvalue weighted by Gasteiger charge is 2.30. The minimum absolute atomic E-state index is 0.0287. The van der Waals surface area contributed by atoms with Gasteiger partial charge in [0.05, 0.1) is 46.9 Å². The first kappa shape index (κ1) is 29.4. The lowest BCUT2D eigenvalue weighted by molar-refractivity contribution is -0.0594. The van der Waals surface area contributed by atoms with E-state index < -0.39 is 29.3 Å². The van der Waals surface area contributed by atoms with Gasteiger partial charge in [0.25, 0.3) is 5.88 Å². The first-order valence-corrected chi connectivity index (χ1v) is 14.2. The Labute approximate surface area is 250 Å². The summed E-state index contributed by atoms with van der Waals surface area (Å²) in [6.07, 6.45) is 0.941. The molecule has 0 amide bonds. The number of nitriles is 1. The highest BCUT2D eigenvalue weighted by molar-refractivity contribution is 5.92. The fourth-order valence-electron chi connectivity index (χ4n) is 5.55. The first-order chi connectivity index (χ1) is 21.2. The quantitative estimate of drug-likeness (QED) is 0.290. The maximum Gasteiger partial charge on any atom is 0.335 e. The van der Waals surface area contributed by atoms with E-state index in [1.807, 2.05) is 17.6 Å². The summed E-state index contributed by atoms with van der Waals surface area (Å²) < 4.78 is 56.8. The van der Waals surface area contributed by atoms with Crippen molar-refractivity contribution in [1.82, 2.24) is 19.4 Å². The predicted octanol–water partition coefficient (Wildman–Crippen LogP) is 4.67. The monoisotopic (exact) mass is 606 g/mol. The van der Waals surface area contributed by atoms with Crippen LogP contribution in [0, 0.1) is 28.8 Å². The van der Waals surface area contributed by atoms with E-state index >= 15 is 0 Å². The van der Waals surface area contributed by atoms with E-state index in [0.29, 0.717) is 50.9 Å². The van der Waals surface area contributed by atoms with Gasteiger partial charge in [-0.05, 0) is 43.7 Å². The van der Waals surface area contributed by atoms with E-state index in [1.165, 1.54) is 18.2 Å². The smallest absolute Gasteiger partial charge is 0.335 e. The molecule has 4 heterocycles. The molecule has 1 N–H and O–H groups in total. The molecule has 0 saturated carbocycles. The first-order valence-electron chi connectivity index (χ1n) is 14.2. The third kappa shape index (κ3) is 5.78. The molecule has 0 bridgehead atoms. The molecule has 2 aromatic heterocycles. The van der Waals surface area contributed by atoms with E-state index in [0.717, 1.165) is 23.8 Å². The average Bonchev–Trinajstić information content (AvgIpc) is 3.36. The number of aromatic nitrogens is 3. The largest absolute Gasteiger partial charge is 0.478 e. The number of aromatic carboxylic acids is 1. The van der Waals surface area contributed by atoms with E-state index in [4.69, 9.17) is 19.7 Å². The number of benzene rings is 2. The molecular formula is C31H29F3N6O4. The lowest BCUT2D eigenvalue weighted by atomic mass is 10.1. The van der Waals surface area contributed by atoms with Crippen LogP contribution in [0.2, 0.25) is 0 Å². The van der Waals surface area contributed by atoms with E-state index in [-0.39, 0.29) is 41.3 Å². The summed E-state index contributed by atoms with van der Waals surface area (Å²) in [6, 6.07) is 11.1. The zero-order valence-electron chi connectivity index (χ0n) is 23.8. The van der Waals surface area contributed by atoms with Crippen molar-refractivity contribution >= 4 is 22.8 Å². The second-order valence-corrected chi connectivity index (χ2v) is 10.9. The minimum atomic E-state index is -1.01. The molecule has 0 aliphatic carbocycles. The molecule has 44 heavy (non-hydrogen) atoms. The Kier molecular flexibility index (Phi) is 8.11. The summed E-state index contributed by atoms with van der Waals surface area (Å²) in [6.45, 7) is 4.75. The van der Waals surface area contributed by atoms with Gasteiger partial charge in [0.2, 0.25) is 0 Å². The van der Waals surface area contributed by atoms with Crippen LogP contribution in [0.25, 0.3) is 11.0 Å². The lowest BCUT2D eigenvalue weighted by Crippen LogP contribution is -2.48. The summed E-state index contributed by atoms with van der Waals surface area (Å²) >= 11 is 0. The third-order valence-corrected chi connectivity index (χ3v) is 8.16. The van der Waals surface area contributed by atoms with Crippen LogP contribution in [-0.4, -0.2) is 69.4 Å². The molecule has 0 radical (unpaired) electrons. The van der Waals surface area contributed by atoms with Gasteiger partial charge < -0.3 is 24.0 Å². The van der Waals surface area contributed by atoms with Gasteiger partial charge in [0.1, 0.15) is 18.2 Å². The number of anilines is 1. The number of carbonyl (C=O) groups is 1. The number of piperazine rings is 1. The molecule has 2 aliphatic rings. The number of nitrogens with zero attached hydrogens (tertiary/aromatic N) is 6. The topological polar surface area (TPSA) is 117 Å². The van der Waals surface area contributed by atoms with Crippen molar-refractivity contribution in [3.05, 3.63) is 82.4 Å². The molecule has 2 saturated heterocycles. The maximum atomic E-state index is 14.9. The van der Waals surface area contributed by atoms with Crippen LogP contribution >= 0.6 is 0 Å². The SMILES string of the molecule is C[C@@H](c1nc2ccc(C(=O)O)cc2n1C[C@@H]1CCO1)N1CCN(c2nc(OCc3ccc(C#N)cc3F)c(F)cc2F)CC1. The van der Waals surface area contributed by atoms with Crippen molar-refractivity contribution in [3.8, 4) is 11.9 Å². The minimum Gasteiger partial charge on any atom is -0.478 e. The van der Waals surface area contributed by atoms with E-state index in [9.17, 15) is 23.1 Å². The Morgan fingerprint density at radius 2 is 1.86 bits per heavy atom. The van der Waals surface area contributed by atoms with Crippen molar-refractivity contribution in [2.24, 2.45) is 0 Å². The molecule has 0 unspecified atom stereocenters. The van der Waals surface area contributed by atoms with Gasteiger partial charge in [-0.25, -0.2) is 22.9 Å². The zero-order chi connectivity index (χ0) is 31.0. The molecule has 228 valence electrons. The number of hydrogen-bond donors (Lipinski definition) is 1. The van der Waals surface area contributed by atoms with Crippen molar-refractivity contribution < 1.29 is 32.5 Å². The van der Waals surface area contributed by atoms with Crippen molar-refractivity contribution in [1.29, 1.82) is 5.26 Å². The average molecular weight is 607 g/mol. The summed E-state index contributed by atoms with van der Waals surface area (Å²) in [4.78, 5) is 24.5. The fraction of sp³-hybridized carbons (Fsp3) is 0.355. The van der Waals surface area contributed by atoms with Gasteiger partial charge in [-0.1, -0.05) is 6.07 Å². The van der Waals surface area contributed by atoms with Crippen LogP contribution in [0.5, 0.6) is 5.88 Å². The van der Waals surface area contributed by atoms with Crippen LogP contribution in [0.3, 0.4) is 0 Å². The number of pyridine rings is 1. The molecule has 6 rings (SSSR count). The number of carboxylic acids is 1. The Balaban J connectivity index is 1.17. The summed E-state index contributed by atoms with van der Waals surface area (Å²) in [7, 11) is 0. The molecule has 2 aliphatic heterocycles. The van der Waals surface area contributed by atoms with Gasteiger partial charge >= 0.3 is 5.97 Å². The second-order valence-electron chi connectivity index (χ2n) is 10.9. The Morgan fingerprint density at radius 3 is 2.52 bits per heavy atom. The van der Waals surface area contributed by atoms with Gasteiger partial charge in [-0.2, -0.15) is 10.2 Å². The highest BCUT2D eigenvalue weighted by atomic mass is 19.1. The lowest BCUT2D eigenvalue weighted by Gasteiger charge is -2.38. The van der Waals surface area contributed by atoms with Gasteiger partial charge in [-0.15, -0.1) is 0 Å². The van der Waals surface area contributed by atoms with E-state index in [1.54, 1.807) is 17.0 Å². The standard InChI is InChI=1S/C31H29F3N6O4/c1-18(28-36-26-5-4-20(31(41)42)13-27(26)40(28)16-22-6-11-43-22)38-7-9-39(10-8-38)29-24(33)14-25(34)30(37-29)44-17-21-3-2-19(15-35)12-23(21)32/h2-5,12-14,18,22H,6-11,16-17H2,1H3,(H,41,42)/t18-,22-/m0/s1. The fourth-order valence-corrected chi connectivity index (χ4v) is 5.55. The number of carboxylic acid groups (broad SMARTS) is 1. The normalized spacial score (nSPS) is 17.7. The molecule has 2 aromatic carbocycles. The Morgan fingerprint density at radius 1 is 1.09 bits per heavy atom. The third-order valence-electron chi connectivity index (χ3n) is 8.16. The molecule has 2 atom stereocenters. The molecule has 0 spiro atoms. The number of fused-ring (bicyclic) bond motifs is 1. The summed E-state index contributed by atoms with van der Waals surface area (Å²) in [5.41, 5.74) is 1.85. The van der Waals surface area contributed by atoms with Crippen LogP contribution in [0.1, 0.15) is 46.7 Å². The number of hydrogen-bond acceptors (Lipinski definition) is 8. The number of ether oxygens (including phenoxy) is 2. The molecule has 2 fully saturated rings. The second kappa shape index (κ2) is 12.1. The number of imidazole rings is 1. The van der Waals surface area contributed by atoms with Gasteiger partial charge in [0.15, 0.2) is 17.5 Å². The van der Waals surface area contributed by atoms with Crippen molar-refractivity contribution in [2.45, 2.75) is 38.6 Å². The maximum absolute atomic E-state index is 14.9. The molecule has 4 aromatic rings. The highest BCUT2D eigenvalue weighted by Crippen LogP contribution is 2.31. The van der Waals surface area contributed by atoms with E-state index in [2.05, 4.69) is 9.88 Å². The van der Waals surface area contributed by atoms with Crippen molar-refractivity contribution in [2.75, 3.05) is 37.7 Å². The molecular weight excluding hydrogens is 577 g/mol. The van der Waals surface area contributed by atoms with Gasteiger partial charge in [0, 0.05) is 44.4 Å². The van der Waals surface area contributed by atoms with Gasteiger partial charge in [-0.3, -0.25) is 4.90 Å². The Bertz CT molecular complexity index is 1760. The summed E-state index contributed by atoms with van der Waals surface area (Å²) in [5.74, 6) is -3.26. The Hall–Kier alpha value is -4.67. The number of halogens is 3.